The van der Waals surface area contributed by atoms with Crippen molar-refractivity contribution >= 4 is 28.6 Å². The highest BCUT2D eigenvalue weighted by Crippen LogP contribution is 2.24. The summed E-state index contributed by atoms with van der Waals surface area (Å²) in [6, 6.07) is 2.01. The van der Waals surface area contributed by atoms with Gasteiger partial charge in [0.25, 0.3) is 0 Å². The average Bonchev–Trinajstić information content (AvgIpc) is 3.31. The number of thiazole rings is 1. The van der Waals surface area contributed by atoms with E-state index in [4.69, 9.17) is 0 Å². The van der Waals surface area contributed by atoms with E-state index in [1.807, 2.05) is 36.9 Å². The molecule has 0 aromatic carbocycles. The number of nitrogens with zero attached hydrogens (tertiary/aromatic N) is 3. The van der Waals surface area contributed by atoms with Crippen LogP contribution in [0.3, 0.4) is 0 Å². The van der Waals surface area contributed by atoms with Crippen LogP contribution in [0.15, 0.2) is 34.6 Å². The van der Waals surface area contributed by atoms with Crippen molar-refractivity contribution in [3.63, 3.8) is 0 Å². The summed E-state index contributed by atoms with van der Waals surface area (Å²) in [6.07, 6.45) is 4.43. The van der Waals surface area contributed by atoms with E-state index in [0.29, 0.717) is 6.54 Å². The van der Waals surface area contributed by atoms with Gasteiger partial charge in [-0.2, -0.15) is 11.3 Å². The number of thiophene rings is 1. The van der Waals surface area contributed by atoms with Crippen molar-refractivity contribution in [3.8, 4) is 0 Å². The van der Waals surface area contributed by atoms with Gasteiger partial charge < -0.3 is 9.88 Å². The van der Waals surface area contributed by atoms with Gasteiger partial charge >= 0.3 is 0 Å². The van der Waals surface area contributed by atoms with E-state index in [1.165, 1.54) is 5.56 Å². The Labute approximate surface area is 155 Å². The summed E-state index contributed by atoms with van der Waals surface area (Å²) in [5.41, 5.74) is 2.22. The van der Waals surface area contributed by atoms with Gasteiger partial charge in [-0.3, -0.25) is 4.79 Å². The normalized spacial score (nSPS) is 13.6. The van der Waals surface area contributed by atoms with Crippen LogP contribution < -0.4 is 5.32 Å². The number of aryl methyl sites for hydroxylation is 2. The van der Waals surface area contributed by atoms with Crippen LogP contribution in [0.1, 0.15) is 35.1 Å². The first-order valence-electron chi connectivity index (χ1n) is 8.24. The molecule has 3 rings (SSSR count). The fourth-order valence-electron chi connectivity index (χ4n) is 2.67. The highest BCUT2D eigenvalue weighted by Gasteiger charge is 2.22. The quantitative estimate of drug-likeness (QED) is 0.685. The molecule has 1 N–H and O–H groups in total. The lowest BCUT2D eigenvalue weighted by Crippen LogP contribution is -2.35. The molecule has 5 nitrogen and oxygen atoms in total. The zero-order valence-electron chi connectivity index (χ0n) is 14.6. The molecule has 0 aliphatic rings. The van der Waals surface area contributed by atoms with Crippen LogP contribution in [0.2, 0.25) is 0 Å². The molecule has 132 valence electrons. The van der Waals surface area contributed by atoms with Gasteiger partial charge in [-0.1, -0.05) is 6.92 Å². The summed E-state index contributed by atoms with van der Waals surface area (Å²) in [4.78, 5) is 21.5. The molecular weight excluding hydrogens is 352 g/mol. The largest absolute Gasteiger partial charge is 0.346 e. The molecule has 0 radical (unpaired) electrons. The third-order valence-electron chi connectivity index (χ3n) is 4.11. The molecule has 7 heteroatoms. The van der Waals surface area contributed by atoms with Crippen molar-refractivity contribution in [2.45, 2.75) is 39.8 Å². The Morgan fingerprint density at radius 2 is 2.20 bits per heavy atom. The van der Waals surface area contributed by atoms with Crippen LogP contribution >= 0.6 is 22.7 Å². The topological polar surface area (TPSA) is 59.8 Å². The number of hydrogen-bond acceptors (Lipinski definition) is 5. The predicted octanol–water partition coefficient (Wildman–Crippen LogP) is 3.75. The fourth-order valence-corrected chi connectivity index (χ4v) is 4.19. The summed E-state index contributed by atoms with van der Waals surface area (Å²) in [7, 11) is 0. The number of carbonyl (C=O) groups is 1. The van der Waals surface area contributed by atoms with E-state index in [1.54, 1.807) is 28.9 Å². The second kappa shape index (κ2) is 7.93. The molecule has 0 fully saturated rings. The molecule has 0 saturated carbocycles. The second-order valence-corrected chi connectivity index (χ2v) is 7.92. The monoisotopic (exact) mass is 374 g/mol. The number of amides is 1. The van der Waals surface area contributed by atoms with Crippen LogP contribution in [0.25, 0.3) is 0 Å². The molecule has 0 saturated heterocycles. The number of aromatic nitrogens is 3. The molecule has 3 aromatic rings. The zero-order valence-corrected chi connectivity index (χ0v) is 16.2. The maximum Gasteiger partial charge on any atom is 0.225 e. The van der Waals surface area contributed by atoms with Gasteiger partial charge in [-0.25, -0.2) is 9.97 Å². The minimum atomic E-state index is -0.140. The molecule has 2 atom stereocenters. The standard InChI is InChI=1S/C18H22N4OS2/c1-12(9-22-6-5-19-14(22)3)17(23)21-16(8-15-4-7-24-11-15)18-20-13(2)10-25-18/h4-7,10-12,16H,8-9H2,1-3H3,(H,21,23)/t12-,16-/m0/s1. The Hall–Kier alpha value is -1.99. The molecule has 3 heterocycles. The fraction of sp³-hybridized carbons (Fsp3) is 0.389. The molecular formula is C18H22N4OS2. The molecule has 0 bridgehead atoms. The SMILES string of the molecule is Cc1csc([C@H](Cc2ccsc2)NC(=O)[C@@H](C)Cn2ccnc2C)n1. The molecule has 25 heavy (non-hydrogen) atoms. The van der Waals surface area contributed by atoms with Crippen molar-refractivity contribution in [2.75, 3.05) is 0 Å². The Kier molecular flexibility index (Phi) is 5.65. The summed E-state index contributed by atoms with van der Waals surface area (Å²) in [5.74, 6) is 0.824. The van der Waals surface area contributed by atoms with Gasteiger partial charge in [0.2, 0.25) is 5.91 Å². The van der Waals surface area contributed by atoms with E-state index in [0.717, 1.165) is 22.9 Å². The Bertz CT molecular complexity index is 822. The first kappa shape index (κ1) is 17.8. The summed E-state index contributed by atoms with van der Waals surface area (Å²) in [6.45, 7) is 6.50. The van der Waals surface area contributed by atoms with Gasteiger partial charge in [0.05, 0.1) is 12.0 Å². The van der Waals surface area contributed by atoms with Gasteiger partial charge in [0.1, 0.15) is 10.8 Å². The minimum Gasteiger partial charge on any atom is -0.346 e. The van der Waals surface area contributed by atoms with Crippen molar-refractivity contribution in [1.29, 1.82) is 0 Å². The van der Waals surface area contributed by atoms with E-state index in [2.05, 4.69) is 32.1 Å². The number of rotatable bonds is 7. The smallest absolute Gasteiger partial charge is 0.225 e. The van der Waals surface area contributed by atoms with E-state index >= 15 is 0 Å². The number of imidazole rings is 1. The van der Waals surface area contributed by atoms with Crippen LogP contribution in [0, 0.1) is 19.8 Å². The summed E-state index contributed by atoms with van der Waals surface area (Å²) < 4.78 is 2.01. The lowest BCUT2D eigenvalue weighted by Gasteiger charge is -2.20. The van der Waals surface area contributed by atoms with Gasteiger partial charge in [0.15, 0.2) is 0 Å². The maximum absolute atomic E-state index is 12.7. The highest BCUT2D eigenvalue weighted by atomic mass is 32.1. The summed E-state index contributed by atoms with van der Waals surface area (Å²) >= 11 is 3.27. The molecule has 0 aliphatic carbocycles. The van der Waals surface area contributed by atoms with Crippen molar-refractivity contribution in [3.05, 3.63) is 56.7 Å². The molecule has 0 aliphatic heterocycles. The third-order valence-corrected chi connectivity index (χ3v) is 5.92. The van der Waals surface area contributed by atoms with Crippen molar-refractivity contribution in [1.82, 2.24) is 19.9 Å². The van der Waals surface area contributed by atoms with Gasteiger partial charge in [0, 0.05) is 36.4 Å². The van der Waals surface area contributed by atoms with Crippen LogP contribution in [0.4, 0.5) is 0 Å². The van der Waals surface area contributed by atoms with E-state index < -0.39 is 0 Å². The van der Waals surface area contributed by atoms with Crippen LogP contribution in [-0.4, -0.2) is 20.4 Å². The van der Waals surface area contributed by atoms with Crippen LogP contribution in [-0.2, 0) is 17.8 Å². The van der Waals surface area contributed by atoms with Crippen LogP contribution in [0.5, 0.6) is 0 Å². The predicted molar refractivity (Wildman–Crippen MR) is 102 cm³/mol. The van der Waals surface area contributed by atoms with Crippen molar-refractivity contribution in [2.24, 2.45) is 5.92 Å². The lowest BCUT2D eigenvalue weighted by atomic mass is 10.1. The van der Waals surface area contributed by atoms with E-state index in [9.17, 15) is 4.79 Å². The average molecular weight is 375 g/mol. The number of carbonyl (C=O) groups excluding carboxylic acids is 1. The lowest BCUT2D eigenvalue weighted by molar-refractivity contribution is -0.125. The second-order valence-electron chi connectivity index (χ2n) is 6.25. The molecule has 0 unspecified atom stereocenters. The third kappa shape index (κ3) is 4.55. The Morgan fingerprint density at radius 3 is 2.80 bits per heavy atom. The van der Waals surface area contributed by atoms with E-state index in [-0.39, 0.29) is 17.9 Å². The highest BCUT2D eigenvalue weighted by molar-refractivity contribution is 7.09. The number of hydrogen-bond donors (Lipinski definition) is 1. The van der Waals surface area contributed by atoms with Gasteiger partial charge in [-0.05, 0) is 36.2 Å². The zero-order chi connectivity index (χ0) is 17.8. The molecule has 3 aromatic heterocycles. The van der Waals surface area contributed by atoms with Gasteiger partial charge in [-0.15, -0.1) is 11.3 Å². The minimum absolute atomic E-state index is 0.0428. The first-order valence-corrected chi connectivity index (χ1v) is 10.1. The Balaban J connectivity index is 1.70. The summed E-state index contributed by atoms with van der Waals surface area (Å²) in [5, 5.41) is 10.4. The van der Waals surface area contributed by atoms with Crippen molar-refractivity contribution < 1.29 is 4.79 Å². The molecule has 0 spiro atoms. The maximum atomic E-state index is 12.7. The molecule has 1 amide bonds. The Morgan fingerprint density at radius 1 is 1.36 bits per heavy atom. The number of nitrogens with one attached hydrogen (secondary N) is 1. The first-order chi connectivity index (χ1) is 12.0.